The average Bonchev–Trinajstić information content (AvgIpc) is 3.13. The van der Waals surface area contributed by atoms with Crippen LogP contribution in [0.5, 0.6) is 5.75 Å². The molecule has 4 amide bonds. The number of hydrogen-bond acceptors (Lipinski definition) is 6. The number of hydrogen-bond donors (Lipinski definition) is 3. The molecule has 5 rings (SSSR count). The van der Waals surface area contributed by atoms with Gasteiger partial charge in [0.05, 0.1) is 31.7 Å². The van der Waals surface area contributed by atoms with Crippen molar-refractivity contribution in [2.75, 3.05) is 42.3 Å². The van der Waals surface area contributed by atoms with E-state index in [1.807, 2.05) is 67.3 Å². The molecule has 2 aliphatic rings. The largest absolute Gasteiger partial charge is 0.495 e. The van der Waals surface area contributed by atoms with Crippen molar-refractivity contribution in [2.45, 2.75) is 51.7 Å². The van der Waals surface area contributed by atoms with Crippen molar-refractivity contribution in [3.63, 3.8) is 0 Å². The van der Waals surface area contributed by atoms with E-state index in [0.29, 0.717) is 42.4 Å². The number of carboxylic acid groups (broad SMARTS) is 1. The van der Waals surface area contributed by atoms with Gasteiger partial charge in [-0.25, -0.2) is 4.79 Å². The summed E-state index contributed by atoms with van der Waals surface area (Å²) in [7, 11) is 1.51. The van der Waals surface area contributed by atoms with Gasteiger partial charge in [-0.05, 0) is 68.0 Å². The van der Waals surface area contributed by atoms with Gasteiger partial charge in [0.1, 0.15) is 11.9 Å². The highest BCUT2D eigenvalue weighted by molar-refractivity contribution is 6.01. The van der Waals surface area contributed by atoms with E-state index >= 15 is 0 Å². The molecule has 11 nitrogen and oxygen atoms in total. The van der Waals surface area contributed by atoms with E-state index in [0.717, 1.165) is 29.5 Å². The molecule has 242 valence electrons. The Kier molecular flexibility index (Phi) is 10.2. The number of methoxy groups -OCH3 is 1. The number of anilines is 3. The summed E-state index contributed by atoms with van der Waals surface area (Å²) >= 11 is 0. The Morgan fingerprint density at radius 1 is 1.02 bits per heavy atom. The second kappa shape index (κ2) is 14.5. The number of benzene rings is 3. The number of amides is 4. The molecule has 0 aliphatic carbocycles. The topological polar surface area (TPSA) is 138 Å². The first-order valence-corrected chi connectivity index (χ1v) is 15.5. The van der Waals surface area contributed by atoms with Crippen molar-refractivity contribution in [1.82, 2.24) is 4.90 Å². The number of fused-ring (bicyclic) bond motifs is 1. The van der Waals surface area contributed by atoms with Crippen LogP contribution in [0.4, 0.5) is 21.9 Å². The zero-order valence-corrected chi connectivity index (χ0v) is 26.3. The van der Waals surface area contributed by atoms with Crippen LogP contribution in [0.15, 0.2) is 66.7 Å². The number of nitrogens with zero attached hydrogens (tertiary/aromatic N) is 2. The molecular formula is C35H40N4O7. The molecule has 0 aromatic heterocycles. The van der Waals surface area contributed by atoms with E-state index in [1.54, 1.807) is 23.1 Å². The van der Waals surface area contributed by atoms with Crippen LogP contribution in [0, 0.1) is 12.8 Å². The van der Waals surface area contributed by atoms with Gasteiger partial charge in [0, 0.05) is 36.6 Å². The number of aliphatic carboxylic acids is 1. The number of aryl methyl sites for hydroxylation is 1. The van der Waals surface area contributed by atoms with Crippen molar-refractivity contribution in [2.24, 2.45) is 5.92 Å². The third-order valence-corrected chi connectivity index (χ3v) is 8.51. The highest BCUT2D eigenvalue weighted by Gasteiger charge is 2.37. The molecule has 3 atom stereocenters. The summed E-state index contributed by atoms with van der Waals surface area (Å²) in [6.07, 6.45) is -0.196. The molecule has 0 spiro atoms. The Bertz CT molecular complexity index is 1610. The maximum absolute atomic E-state index is 13.6. The Morgan fingerprint density at radius 3 is 2.52 bits per heavy atom. The molecule has 2 heterocycles. The lowest BCUT2D eigenvalue weighted by molar-refractivity contribution is -0.147. The summed E-state index contributed by atoms with van der Waals surface area (Å²) in [5.41, 5.74) is 4.40. The molecule has 1 fully saturated rings. The molecule has 11 heteroatoms. The lowest BCUT2D eigenvalue weighted by Gasteiger charge is -2.36. The second-order valence-corrected chi connectivity index (χ2v) is 11.8. The van der Waals surface area contributed by atoms with Crippen LogP contribution in [0.1, 0.15) is 49.0 Å². The first-order valence-electron chi connectivity index (χ1n) is 15.5. The number of ether oxygens (including phenoxy) is 2. The van der Waals surface area contributed by atoms with Gasteiger partial charge in [-0.15, -0.1) is 0 Å². The van der Waals surface area contributed by atoms with E-state index < -0.39 is 30.6 Å². The first-order chi connectivity index (χ1) is 22.1. The highest BCUT2D eigenvalue weighted by Crippen LogP contribution is 2.35. The zero-order chi connectivity index (χ0) is 32.8. The maximum atomic E-state index is 13.6. The van der Waals surface area contributed by atoms with Gasteiger partial charge in [0.2, 0.25) is 5.91 Å². The minimum atomic E-state index is -1.10. The smallest absolute Gasteiger partial charge is 0.323 e. The minimum Gasteiger partial charge on any atom is -0.495 e. The first kappa shape index (κ1) is 32.5. The third-order valence-electron chi connectivity index (χ3n) is 8.51. The molecule has 1 saturated heterocycles. The van der Waals surface area contributed by atoms with Gasteiger partial charge in [0.25, 0.3) is 5.91 Å². The molecule has 0 bridgehead atoms. The molecule has 3 aromatic rings. The SMILES string of the molecule is COc1cc(CC(=O)N2CCCC(CN3C(=O)C(CC(=O)O)OC(C)c4ccccc43)C2)ccc1NC(=O)Nc1ccccc1C. The molecule has 2 aliphatic heterocycles. The summed E-state index contributed by atoms with van der Waals surface area (Å²) in [5, 5.41) is 15.1. The van der Waals surface area contributed by atoms with E-state index in [-0.39, 0.29) is 24.2 Å². The fraction of sp³-hybridized carbons (Fsp3) is 0.371. The van der Waals surface area contributed by atoms with Crippen LogP contribution in [0.2, 0.25) is 0 Å². The Balaban J connectivity index is 1.24. The molecule has 0 radical (unpaired) electrons. The van der Waals surface area contributed by atoms with Crippen molar-refractivity contribution >= 4 is 40.9 Å². The number of carbonyl (C=O) groups excluding carboxylic acids is 3. The number of piperidine rings is 1. The number of urea groups is 1. The van der Waals surface area contributed by atoms with Crippen LogP contribution >= 0.6 is 0 Å². The standard InChI is InChI=1S/C35H40N4O7/c1-22-9-4-6-12-27(22)36-35(44)37-28-15-14-24(17-30(28)45-3)18-32(40)38-16-8-10-25(20-38)21-39-29-13-7-5-11-26(29)23(2)46-31(34(39)43)19-33(41)42/h4-7,9,11-15,17,23,25,31H,8,10,16,18-21H2,1-3H3,(H,41,42)(H2,36,37,44). The number of nitrogens with one attached hydrogen (secondary N) is 2. The lowest BCUT2D eigenvalue weighted by Crippen LogP contribution is -2.47. The Labute approximate surface area is 268 Å². The van der Waals surface area contributed by atoms with Gasteiger partial charge in [-0.3, -0.25) is 14.4 Å². The highest BCUT2D eigenvalue weighted by atomic mass is 16.5. The zero-order valence-electron chi connectivity index (χ0n) is 26.3. The normalized spacial score (nSPS) is 19.5. The maximum Gasteiger partial charge on any atom is 0.323 e. The molecule has 3 N–H and O–H groups in total. The number of likely N-dealkylation sites (tertiary alicyclic amines) is 1. The van der Waals surface area contributed by atoms with Crippen LogP contribution in [0.25, 0.3) is 0 Å². The van der Waals surface area contributed by atoms with Crippen LogP contribution in [-0.2, 0) is 25.5 Å². The van der Waals surface area contributed by atoms with Gasteiger partial charge in [0.15, 0.2) is 0 Å². The van der Waals surface area contributed by atoms with Crippen molar-refractivity contribution in [3.8, 4) is 5.75 Å². The Hall–Kier alpha value is -4.90. The van der Waals surface area contributed by atoms with E-state index in [4.69, 9.17) is 9.47 Å². The minimum absolute atomic E-state index is 0.00136. The van der Waals surface area contributed by atoms with Gasteiger partial charge < -0.3 is 35.0 Å². The molecule has 3 aromatic carbocycles. The van der Waals surface area contributed by atoms with Crippen LogP contribution in [0.3, 0.4) is 0 Å². The summed E-state index contributed by atoms with van der Waals surface area (Å²) in [6.45, 7) is 5.17. The van der Waals surface area contributed by atoms with Crippen molar-refractivity contribution in [3.05, 3.63) is 83.4 Å². The molecular weight excluding hydrogens is 588 g/mol. The lowest BCUT2D eigenvalue weighted by atomic mass is 9.95. The van der Waals surface area contributed by atoms with E-state index in [2.05, 4.69) is 10.6 Å². The summed E-state index contributed by atoms with van der Waals surface area (Å²) in [5.74, 6) is -1.09. The van der Waals surface area contributed by atoms with Gasteiger partial charge in [-0.1, -0.05) is 42.5 Å². The predicted molar refractivity (Wildman–Crippen MR) is 174 cm³/mol. The quantitative estimate of drug-likeness (QED) is 0.289. The fourth-order valence-corrected chi connectivity index (χ4v) is 6.15. The van der Waals surface area contributed by atoms with Crippen molar-refractivity contribution < 1.29 is 33.8 Å². The van der Waals surface area contributed by atoms with Crippen molar-refractivity contribution in [1.29, 1.82) is 0 Å². The molecule has 0 saturated carbocycles. The summed E-state index contributed by atoms with van der Waals surface area (Å²) in [4.78, 5) is 54.7. The third kappa shape index (κ3) is 7.66. The average molecular weight is 629 g/mol. The van der Waals surface area contributed by atoms with E-state index in [1.165, 1.54) is 7.11 Å². The summed E-state index contributed by atoms with van der Waals surface area (Å²) in [6, 6.07) is 19.8. The molecule has 3 unspecified atom stereocenters. The number of carbonyl (C=O) groups is 4. The molecule has 46 heavy (non-hydrogen) atoms. The van der Waals surface area contributed by atoms with Crippen LogP contribution in [-0.4, -0.2) is 66.7 Å². The predicted octanol–water partition coefficient (Wildman–Crippen LogP) is 5.40. The van der Waals surface area contributed by atoms with Crippen LogP contribution < -0.4 is 20.3 Å². The fourth-order valence-electron chi connectivity index (χ4n) is 6.15. The van der Waals surface area contributed by atoms with Gasteiger partial charge in [-0.2, -0.15) is 0 Å². The second-order valence-electron chi connectivity index (χ2n) is 11.8. The number of para-hydroxylation sites is 2. The van der Waals surface area contributed by atoms with Gasteiger partial charge >= 0.3 is 12.0 Å². The Morgan fingerprint density at radius 2 is 1.76 bits per heavy atom. The number of rotatable bonds is 9. The monoisotopic (exact) mass is 628 g/mol. The summed E-state index contributed by atoms with van der Waals surface area (Å²) < 4.78 is 11.4. The number of carboxylic acids is 1. The van der Waals surface area contributed by atoms with E-state index in [9.17, 15) is 24.3 Å².